The van der Waals surface area contributed by atoms with E-state index in [-0.39, 0.29) is 0 Å². The molecule has 0 aliphatic rings. The number of ether oxygens (including phenoxy) is 2. The number of hydrogen-bond donors (Lipinski definition) is 1. The van der Waals surface area contributed by atoms with Gasteiger partial charge in [0.1, 0.15) is 23.3 Å². The van der Waals surface area contributed by atoms with Crippen LogP contribution in [-0.4, -0.2) is 11.7 Å². The Kier molecular flexibility index (Phi) is 4.39. The van der Waals surface area contributed by atoms with Gasteiger partial charge in [0.05, 0.1) is 12.8 Å². The lowest BCUT2D eigenvalue weighted by molar-refractivity contribution is 0.399. The van der Waals surface area contributed by atoms with Gasteiger partial charge in [-0.05, 0) is 30.2 Å². The third-order valence-corrected chi connectivity index (χ3v) is 3.01. The summed E-state index contributed by atoms with van der Waals surface area (Å²) in [6, 6.07) is 11.0. The monoisotopic (exact) mass is 285 g/mol. The second-order valence-corrected chi connectivity index (χ2v) is 5.18. The van der Waals surface area contributed by atoms with Crippen molar-refractivity contribution in [2.75, 3.05) is 12.8 Å². The highest BCUT2D eigenvalue weighted by atomic mass is 16.5. The van der Waals surface area contributed by atoms with E-state index in [9.17, 15) is 5.26 Å². The fourth-order valence-electron chi connectivity index (χ4n) is 2.06. The van der Waals surface area contributed by atoms with Gasteiger partial charge < -0.3 is 19.8 Å². The average Bonchev–Trinajstić information content (AvgIpc) is 2.76. The van der Waals surface area contributed by atoms with E-state index < -0.39 is 0 Å². The Bertz CT molecular complexity index is 651. The first kappa shape index (κ1) is 14.8. The lowest BCUT2D eigenvalue weighted by Crippen LogP contribution is -2.08. The Hall–Kier alpha value is -2.61. The summed E-state index contributed by atoms with van der Waals surface area (Å²) >= 11 is 0. The summed E-state index contributed by atoms with van der Waals surface area (Å²) in [6.45, 7) is 4.83. The van der Waals surface area contributed by atoms with E-state index in [1.165, 1.54) is 0 Å². The number of nitriles is 1. The standard InChI is InChI=1S/C16H19N3O2/c1-11(2)10-19-12(9-17)8-15(18)16(19)21-14-6-4-13(20-3)5-7-14/h4-8,11H,10,18H2,1-3H3. The quantitative estimate of drug-likeness (QED) is 0.913. The number of hydrogen-bond acceptors (Lipinski definition) is 4. The second-order valence-electron chi connectivity index (χ2n) is 5.18. The van der Waals surface area contributed by atoms with Gasteiger partial charge in [0, 0.05) is 12.6 Å². The minimum Gasteiger partial charge on any atom is -0.497 e. The zero-order valence-electron chi connectivity index (χ0n) is 12.5. The molecular formula is C16H19N3O2. The molecule has 0 aliphatic carbocycles. The number of anilines is 1. The molecule has 2 aromatic rings. The molecule has 5 nitrogen and oxygen atoms in total. The van der Waals surface area contributed by atoms with Crippen molar-refractivity contribution < 1.29 is 9.47 Å². The first-order valence-electron chi connectivity index (χ1n) is 6.76. The van der Waals surface area contributed by atoms with E-state index in [0.29, 0.717) is 35.5 Å². The van der Waals surface area contributed by atoms with Crippen LogP contribution in [0, 0.1) is 17.2 Å². The summed E-state index contributed by atoms with van der Waals surface area (Å²) < 4.78 is 12.8. The zero-order valence-corrected chi connectivity index (χ0v) is 12.5. The maximum Gasteiger partial charge on any atom is 0.224 e. The molecule has 0 saturated carbocycles. The molecule has 1 aromatic carbocycles. The SMILES string of the molecule is COc1ccc(Oc2c(N)cc(C#N)n2CC(C)C)cc1. The molecule has 0 atom stereocenters. The normalized spacial score (nSPS) is 10.4. The van der Waals surface area contributed by atoms with Gasteiger partial charge >= 0.3 is 0 Å². The summed E-state index contributed by atoms with van der Waals surface area (Å²) in [7, 11) is 1.61. The van der Waals surface area contributed by atoms with Crippen molar-refractivity contribution in [2.24, 2.45) is 5.92 Å². The molecule has 0 spiro atoms. The molecule has 0 fully saturated rings. The molecule has 0 aliphatic heterocycles. The van der Waals surface area contributed by atoms with Crippen molar-refractivity contribution in [2.45, 2.75) is 20.4 Å². The third-order valence-electron chi connectivity index (χ3n) is 3.01. The molecule has 1 heterocycles. The van der Waals surface area contributed by atoms with Crippen LogP contribution in [0.1, 0.15) is 19.5 Å². The number of nitrogens with two attached hydrogens (primary N) is 1. The molecule has 0 bridgehead atoms. The van der Waals surface area contributed by atoms with Crippen LogP contribution < -0.4 is 15.2 Å². The molecule has 0 radical (unpaired) electrons. The summed E-state index contributed by atoms with van der Waals surface area (Å²) in [6.07, 6.45) is 0. The first-order valence-corrected chi connectivity index (χ1v) is 6.76. The predicted octanol–water partition coefficient (Wildman–Crippen LogP) is 3.40. The van der Waals surface area contributed by atoms with Crippen molar-refractivity contribution in [3.63, 3.8) is 0 Å². The van der Waals surface area contributed by atoms with Gasteiger partial charge in [-0.3, -0.25) is 0 Å². The summed E-state index contributed by atoms with van der Waals surface area (Å²) in [5, 5.41) is 9.21. The van der Waals surface area contributed by atoms with E-state index in [4.69, 9.17) is 15.2 Å². The highest BCUT2D eigenvalue weighted by Crippen LogP contribution is 2.32. The lowest BCUT2D eigenvalue weighted by Gasteiger charge is -2.14. The highest BCUT2D eigenvalue weighted by Gasteiger charge is 2.16. The number of aromatic nitrogens is 1. The molecule has 5 heteroatoms. The summed E-state index contributed by atoms with van der Waals surface area (Å²) in [5.74, 6) is 2.29. The van der Waals surface area contributed by atoms with E-state index >= 15 is 0 Å². The fourth-order valence-corrected chi connectivity index (χ4v) is 2.06. The molecule has 2 rings (SSSR count). The molecule has 21 heavy (non-hydrogen) atoms. The van der Waals surface area contributed by atoms with Gasteiger partial charge in [0.25, 0.3) is 0 Å². The first-order chi connectivity index (χ1) is 10.0. The molecular weight excluding hydrogens is 266 g/mol. The summed E-state index contributed by atoms with van der Waals surface area (Å²) in [4.78, 5) is 0. The van der Waals surface area contributed by atoms with Crippen LogP contribution in [0.3, 0.4) is 0 Å². The van der Waals surface area contributed by atoms with Crippen molar-refractivity contribution in [3.05, 3.63) is 36.0 Å². The molecule has 110 valence electrons. The van der Waals surface area contributed by atoms with E-state index in [1.54, 1.807) is 25.3 Å². The van der Waals surface area contributed by atoms with Crippen molar-refractivity contribution >= 4 is 5.69 Å². The number of rotatable bonds is 5. The van der Waals surface area contributed by atoms with Crippen LogP contribution in [-0.2, 0) is 6.54 Å². The number of methoxy groups -OCH3 is 1. The van der Waals surface area contributed by atoms with Crippen LogP contribution in [0.2, 0.25) is 0 Å². The van der Waals surface area contributed by atoms with Gasteiger partial charge in [-0.2, -0.15) is 5.26 Å². The predicted molar refractivity (Wildman–Crippen MR) is 81.5 cm³/mol. The second kappa shape index (κ2) is 6.23. The number of benzene rings is 1. The molecule has 0 saturated heterocycles. The Morgan fingerprint density at radius 3 is 2.38 bits per heavy atom. The molecule has 2 N–H and O–H groups in total. The van der Waals surface area contributed by atoms with E-state index in [2.05, 4.69) is 19.9 Å². The van der Waals surface area contributed by atoms with Gasteiger partial charge in [-0.25, -0.2) is 0 Å². The summed E-state index contributed by atoms with van der Waals surface area (Å²) in [5.41, 5.74) is 6.94. The molecule has 1 aromatic heterocycles. The van der Waals surface area contributed by atoms with Gasteiger partial charge in [-0.15, -0.1) is 0 Å². The van der Waals surface area contributed by atoms with Crippen LogP contribution in [0.15, 0.2) is 30.3 Å². The van der Waals surface area contributed by atoms with Gasteiger partial charge in [0.15, 0.2) is 0 Å². The Morgan fingerprint density at radius 1 is 1.24 bits per heavy atom. The van der Waals surface area contributed by atoms with Gasteiger partial charge in [-0.1, -0.05) is 13.8 Å². The fraction of sp³-hybridized carbons (Fsp3) is 0.312. The topological polar surface area (TPSA) is 73.2 Å². The maximum atomic E-state index is 9.21. The Balaban J connectivity index is 2.33. The number of nitrogen functional groups attached to an aromatic ring is 1. The minimum atomic E-state index is 0.377. The van der Waals surface area contributed by atoms with Crippen LogP contribution in [0.4, 0.5) is 5.69 Å². The zero-order chi connectivity index (χ0) is 15.4. The van der Waals surface area contributed by atoms with Crippen molar-refractivity contribution in [1.29, 1.82) is 5.26 Å². The van der Waals surface area contributed by atoms with Crippen molar-refractivity contribution in [1.82, 2.24) is 4.57 Å². The Morgan fingerprint density at radius 2 is 1.86 bits per heavy atom. The average molecular weight is 285 g/mol. The highest BCUT2D eigenvalue weighted by molar-refractivity contribution is 5.56. The molecule has 0 unspecified atom stereocenters. The van der Waals surface area contributed by atoms with Gasteiger partial charge in [0.2, 0.25) is 5.88 Å². The van der Waals surface area contributed by atoms with Crippen molar-refractivity contribution in [3.8, 4) is 23.4 Å². The maximum absolute atomic E-state index is 9.21. The Labute approximate surface area is 124 Å². The van der Waals surface area contributed by atoms with Crippen LogP contribution in [0.25, 0.3) is 0 Å². The third kappa shape index (κ3) is 3.29. The van der Waals surface area contributed by atoms with E-state index in [0.717, 1.165) is 5.75 Å². The van der Waals surface area contributed by atoms with Crippen LogP contribution >= 0.6 is 0 Å². The number of nitrogens with zero attached hydrogens (tertiary/aromatic N) is 2. The smallest absolute Gasteiger partial charge is 0.224 e. The van der Waals surface area contributed by atoms with E-state index in [1.807, 2.05) is 16.7 Å². The molecule has 0 amide bonds. The van der Waals surface area contributed by atoms with Crippen LogP contribution in [0.5, 0.6) is 17.4 Å². The lowest BCUT2D eigenvalue weighted by atomic mass is 10.2. The largest absolute Gasteiger partial charge is 0.497 e. The minimum absolute atomic E-state index is 0.377.